The molecule has 0 radical (unpaired) electrons. The third-order valence-electron chi connectivity index (χ3n) is 2.33. The summed E-state index contributed by atoms with van der Waals surface area (Å²) in [5.74, 6) is -0.308. The van der Waals surface area contributed by atoms with E-state index in [2.05, 4.69) is 5.32 Å². The Morgan fingerprint density at radius 1 is 1.26 bits per heavy atom. The smallest absolute Gasteiger partial charge is 0.253 e. The van der Waals surface area contributed by atoms with Crippen LogP contribution in [0.1, 0.15) is 24.2 Å². The highest BCUT2D eigenvalue weighted by Gasteiger charge is 2.15. The average molecular weight is 306 g/mol. The van der Waals surface area contributed by atoms with Crippen LogP contribution < -0.4 is 5.32 Å². The molecule has 0 aliphatic rings. The van der Waals surface area contributed by atoms with Crippen LogP contribution in [0.25, 0.3) is 0 Å². The second-order valence-electron chi connectivity index (χ2n) is 3.65. The third kappa shape index (κ3) is 4.99. The lowest BCUT2D eigenvalue weighted by molar-refractivity contribution is -0.131. The quantitative estimate of drug-likeness (QED) is 0.787. The summed E-state index contributed by atoms with van der Waals surface area (Å²) in [6.45, 7) is 5.00. The number of halogens is 2. The molecular weight excluding hydrogens is 289 g/mol. The molecule has 0 spiro atoms. The van der Waals surface area contributed by atoms with Gasteiger partial charge in [0, 0.05) is 13.2 Å². The van der Waals surface area contributed by atoms with Crippen LogP contribution in [-0.4, -0.2) is 32.0 Å². The van der Waals surface area contributed by atoms with E-state index < -0.39 is 6.29 Å². The lowest BCUT2D eigenvalue weighted by atomic mass is 10.2. The van der Waals surface area contributed by atoms with Crippen molar-refractivity contribution in [2.24, 2.45) is 0 Å². The molecule has 0 aliphatic heterocycles. The molecule has 19 heavy (non-hydrogen) atoms. The van der Waals surface area contributed by atoms with Crippen LogP contribution in [0.5, 0.6) is 0 Å². The molecule has 1 amide bonds. The van der Waals surface area contributed by atoms with Gasteiger partial charge in [0.2, 0.25) is 0 Å². The van der Waals surface area contributed by atoms with Gasteiger partial charge in [0.05, 0.1) is 22.2 Å². The number of ether oxygens (including phenoxy) is 2. The predicted molar refractivity (Wildman–Crippen MR) is 75.8 cm³/mol. The first-order valence-electron chi connectivity index (χ1n) is 6.05. The molecule has 0 saturated carbocycles. The Hall–Kier alpha value is -0.810. The number of nitrogens with one attached hydrogen (secondary N) is 1. The van der Waals surface area contributed by atoms with Crippen molar-refractivity contribution in [3.05, 3.63) is 33.8 Å². The van der Waals surface area contributed by atoms with Crippen molar-refractivity contribution in [3.63, 3.8) is 0 Å². The number of carbonyl (C=O) groups excluding carboxylic acids is 1. The van der Waals surface area contributed by atoms with E-state index in [1.165, 1.54) is 0 Å². The zero-order valence-corrected chi connectivity index (χ0v) is 12.4. The van der Waals surface area contributed by atoms with Gasteiger partial charge >= 0.3 is 0 Å². The van der Waals surface area contributed by atoms with Crippen molar-refractivity contribution in [2.45, 2.75) is 20.1 Å². The van der Waals surface area contributed by atoms with Crippen molar-refractivity contribution >= 4 is 29.1 Å². The zero-order valence-electron chi connectivity index (χ0n) is 10.9. The fourth-order valence-electron chi connectivity index (χ4n) is 1.49. The van der Waals surface area contributed by atoms with E-state index >= 15 is 0 Å². The SMILES string of the molecule is CCOC(CNC(=O)c1cccc(Cl)c1Cl)OCC. The second-order valence-corrected chi connectivity index (χ2v) is 4.44. The molecule has 0 heterocycles. The van der Waals surface area contributed by atoms with Gasteiger partial charge in [0.25, 0.3) is 5.91 Å². The fourth-order valence-corrected chi connectivity index (χ4v) is 1.87. The van der Waals surface area contributed by atoms with Crippen molar-refractivity contribution in [1.82, 2.24) is 5.32 Å². The fraction of sp³-hybridized carbons (Fsp3) is 0.462. The van der Waals surface area contributed by atoms with Crippen molar-refractivity contribution < 1.29 is 14.3 Å². The normalized spacial score (nSPS) is 10.8. The minimum Gasteiger partial charge on any atom is -0.351 e. The number of rotatable bonds is 7. The third-order valence-corrected chi connectivity index (χ3v) is 3.15. The van der Waals surface area contributed by atoms with Gasteiger partial charge in [0.1, 0.15) is 0 Å². The standard InChI is InChI=1S/C13H17Cl2NO3/c1-3-18-11(19-4-2)8-16-13(17)9-6-5-7-10(14)12(9)15/h5-7,11H,3-4,8H2,1-2H3,(H,16,17). The second kappa shape index (κ2) is 8.38. The van der Waals surface area contributed by atoms with Crippen LogP contribution in [0, 0.1) is 0 Å². The molecule has 1 aromatic carbocycles. The van der Waals surface area contributed by atoms with Crippen LogP contribution in [0.3, 0.4) is 0 Å². The summed E-state index contributed by atoms with van der Waals surface area (Å²) in [4.78, 5) is 12.0. The summed E-state index contributed by atoms with van der Waals surface area (Å²) < 4.78 is 10.7. The van der Waals surface area contributed by atoms with E-state index in [1.807, 2.05) is 13.8 Å². The van der Waals surface area contributed by atoms with Gasteiger partial charge in [0.15, 0.2) is 6.29 Å². The van der Waals surface area contributed by atoms with Crippen LogP contribution in [0.15, 0.2) is 18.2 Å². The number of benzene rings is 1. The summed E-state index contributed by atoms with van der Waals surface area (Å²) in [5, 5.41) is 3.29. The molecule has 0 fully saturated rings. The highest BCUT2D eigenvalue weighted by atomic mass is 35.5. The first kappa shape index (κ1) is 16.2. The van der Waals surface area contributed by atoms with E-state index in [0.29, 0.717) is 23.8 Å². The first-order chi connectivity index (χ1) is 9.10. The average Bonchev–Trinajstić information content (AvgIpc) is 2.39. The summed E-state index contributed by atoms with van der Waals surface area (Å²) in [7, 11) is 0. The Morgan fingerprint density at radius 2 is 1.89 bits per heavy atom. The Bertz CT molecular complexity index is 420. The van der Waals surface area contributed by atoms with Gasteiger partial charge in [-0.05, 0) is 26.0 Å². The zero-order chi connectivity index (χ0) is 14.3. The van der Waals surface area contributed by atoms with Crippen LogP contribution in [-0.2, 0) is 9.47 Å². The van der Waals surface area contributed by atoms with Crippen molar-refractivity contribution in [3.8, 4) is 0 Å². The Labute approximate surface area is 123 Å². The minimum absolute atomic E-state index is 0.242. The summed E-state index contributed by atoms with van der Waals surface area (Å²) >= 11 is 11.8. The van der Waals surface area contributed by atoms with Crippen LogP contribution in [0.4, 0.5) is 0 Å². The maximum absolute atomic E-state index is 12.0. The molecule has 0 saturated heterocycles. The molecular formula is C13H17Cl2NO3. The van der Waals surface area contributed by atoms with E-state index in [0.717, 1.165) is 0 Å². The summed E-state index contributed by atoms with van der Waals surface area (Å²) in [5.41, 5.74) is 0.334. The molecule has 1 aromatic rings. The van der Waals surface area contributed by atoms with Gasteiger partial charge in [-0.15, -0.1) is 0 Å². The van der Waals surface area contributed by atoms with Gasteiger partial charge in [-0.3, -0.25) is 4.79 Å². The molecule has 6 heteroatoms. The van der Waals surface area contributed by atoms with E-state index in [-0.39, 0.29) is 17.5 Å². The van der Waals surface area contributed by atoms with Gasteiger partial charge < -0.3 is 14.8 Å². The highest BCUT2D eigenvalue weighted by Crippen LogP contribution is 2.25. The maximum atomic E-state index is 12.0. The Kier molecular flexibility index (Phi) is 7.16. The number of hydrogen-bond donors (Lipinski definition) is 1. The molecule has 0 aliphatic carbocycles. The number of hydrogen-bond acceptors (Lipinski definition) is 3. The largest absolute Gasteiger partial charge is 0.351 e. The highest BCUT2D eigenvalue weighted by molar-refractivity contribution is 6.43. The topological polar surface area (TPSA) is 47.6 Å². The molecule has 0 bridgehead atoms. The van der Waals surface area contributed by atoms with Crippen molar-refractivity contribution in [1.29, 1.82) is 0 Å². The van der Waals surface area contributed by atoms with E-state index in [1.54, 1.807) is 18.2 Å². The molecule has 1 rings (SSSR count). The maximum Gasteiger partial charge on any atom is 0.253 e. The van der Waals surface area contributed by atoms with Gasteiger partial charge in [-0.2, -0.15) is 0 Å². The van der Waals surface area contributed by atoms with Gasteiger partial charge in [-0.1, -0.05) is 29.3 Å². The lowest BCUT2D eigenvalue weighted by Gasteiger charge is -2.17. The van der Waals surface area contributed by atoms with E-state index in [9.17, 15) is 4.79 Å². The number of carbonyl (C=O) groups is 1. The van der Waals surface area contributed by atoms with Crippen molar-refractivity contribution in [2.75, 3.05) is 19.8 Å². The molecule has 0 aromatic heterocycles. The van der Waals surface area contributed by atoms with Gasteiger partial charge in [-0.25, -0.2) is 0 Å². The molecule has 106 valence electrons. The van der Waals surface area contributed by atoms with Crippen LogP contribution in [0.2, 0.25) is 10.0 Å². The lowest BCUT2D eigenvalue weighted by Crippen LogP contribution is -2.35. The Morgan fingerprint density at radius 3 is 2.47 bits per heavy atom. The molecule has 1 N–H and O–H groups in total. The predicted octanol–water partition coefficient (Wildman–Crippen LogP) is 3.12. The number of amides is 1. The summed E-state index contributed by atoms with van der Waals surface area (Å²) in [6.07, 6.45) is -0.461. The Balaban J connectivity index is 2.61. The molecule has 0 atom stereocenters. The first-order valence-corrected chi connectivity index (χ1v) is 6.81. The molecule has 4 nitrogen and oxygen atoms in total. The summed E-state index contributed by atoms with van der Waals surface area (Å²) in [6, 6.07) is 4.91. The minimum atomic E-state index is -0.461. The van der Waals surface area contributed by atoms with Crippen LogP contribution >= 0.6 is 23.2 Å². The monoisotopic (exact) mass is 305 g/mol. The molecule has 0 unspecified atom stereocenters. The van der Waals surface area contributed by atoms with E-state index in [4.69, 9.17) is 32.7 Å².